The summed E-state index contributed by atoms with van der Waals surface area (Å²) in [4.78, 5) is 37.6. The largest absolute Gasteiger partial charge is 0.480 e. The summed E-state index contributed by atoms with van der Waals surface area (Å²) in [5.41, 5.74) is -0.0376. The van der Waals surface area contributed by atoms with Crippen LogP contribution in [-0.4, -0.2) is 52.6 Å². The zero-order valence-electron chi connectivity index (χ0n) is 15.9. The van der Waals surface area contributed by atoms with Gasteiger partial charge in [-0.05, 0) is 75.5 Å². The van der Waals surface area contributed by atoms with Crippen molar-refractivity contribution in [3.63, 3.8) is 0 Å². The van der Waals surface area contributed by atoms with Gasteiger partial charge in [-0.1, -0.05) is 0 Å². The first-order valence-corrected chi connectivity index (χ1v) is 10.5. The van der Waals surface area contributed by atoms with E-state index in [0.717, 1.165) is 49.9 Å². The van der Waals surface area contributed by atoms with Crippen LogP contribution in [-0.2, 0) is 9.59 Å². The summed E-state index contributed by atoms with van der Waals surface area (Å²) in [5, 5.41) is 15.3. The molecule has 1 heterocycles. The number of aliphatic carboxylic acids is 1. The molecule has 3 N–H and O–H groups in total. The summed E-state index contributed by atoms with van der Waals surface area (Å²) in [5.74, 6) is 1.19. The van der Waals surface area contributed by atoms with Gasteiger partial charge >= 0.3 is 12.0 Å². The van der Waals surface area contributed by atoms with E-state index in [-0.39, 0.29) is 30.4 Å². The van der Waals surface area contributed by atoms with Gasteiger partial charge in [0.05, 0.1) is 0 Å². The molecule has 4 aliphatic carbocycles. The molecule has 4 bridgehead atoms. The van der Waals surface area contributed by atoms with Gasteiger partial charge < -0.3 is 20.6 Å². The van der Waals surface area contributed by atoms with Crippen LogP contribution in [0.15, 0.2) is 0 Å². The lowest BCUT2D eigenvalue weighted by molar-refractivity contribution is -0.152. The van der Waals surface area contributed by atoms with E-state index >= 15 is 0 Å². The third kappa shape index (κ3) is 3.92. The molecule has 0 aromatic heterocycles. The standard InChI is InChI=1S/C20H31N3O4/c24-17(23-6-2-1-3-16(23)18(25)26)4-5-21-19(27)22-20-10-13-7-14(11-20)9-15(8-13)12-20/h13-16H,1-12H2,(H,25,26)(H2,21,22,27). The number of hydrogen-bond acceptors (Lipinski definition) is 3. The number of carboxylic acid groups (broad SMARTS) is 1. The lowest BCUT2D eigenvalue weighted by Crippen LogP contribution is -2.61. The number of carbonyl (C=O) groups is 3. The SMILES string of the molecule is O=C(NCCC(=O)N1CCCCC1C(=O)O)NC12CC3CC(CC(C3)C1)C2. The third-order valence-electron chi connectivity index (χ3n) is 7.15. The van der Waals surface area contributed by atoms with Gasteiger partial charge in [-0.15, -0.1) is 0 Å². The fourth-order valence-electron chi connectivity index (χ4n) is 6.46. The normalized spacial score (nSPS) is 37.1. The fraction of sp³-hybridized carbons (Fsp3) is 0.850. The summed E-state index contributed by atoms with van der Waals surface area (Å²) in [6, 6.07) is -0.898. The van der Waals surface area contributed by atoms with Gasteiger partial charge in [-0.3, -0.25) is 4.79 Å². The Bertz CT molecular complexity index is 585. The highest BCUT2D eigenvalue weighted by molar-refractivity contribution is 5.84. The fourth-order valence-corrected chi connectivity index (χ4v) is 6.46. The Hall–Kier alpha value is -1.79. The van der Waals surface area contributed by atoms with E-state index in [4.69, 9.17) is 0 Å². The van der Waals surface area contributed by atoms with Crippen LogP contribution in [0.3, 0.4) is 0 Å². The molecule has 3 amide bonds. The molecular weight excluding hydrogens is 346 g/mol. The van der Waals surface area contributed by atoms with Crippen molar-refractivity contribution in [2.45, 2.75) is 75.8 Å². The lowest BCUT2D eigenvalue weighted by Gasteiger charge is -2.56. The van der Waals surface area contributed by atoms with Crippen LogP contribution < -0.4 is 10.6 Å². The average molecular weight is 377 g/mol. The van der Waals surface area contributed by atoms with E-state index in [1.54, 1.807) is 0 Å². The first-order valence-electron chi connectivity index (χ1n) is 10.5. The Morgan fingerprint density at radius 1 is 1.00 bits per heavy atom. The average Bonchev–Trinajstić information content (AvgIpc) is 2.59. The maximum Gasteiger partial charge on any atom is 0.326 e. The van der Waals surface area contributed by atoms with Crippen LogP contribution in [0, 0.1) is 17.8 Å². The lowest BCUT2D eigenvalue weighted by atomic mass is 9.53. The van der Waals surface area contributed by atoms with E-state index < -0.39 is 12.0 Å². The zero-order valence-corrected chi connectivity index (χ0v) is 15.9. The number of nitrogens with zero attached hydrogens (tertiary/aromatic N) is 1. The second kappa shape index (κ2) is 7.32. The van der Waals surface area contributed by atoms with Crippen molar-refractivity contribution in [1.29, 1.82) is 0 Å². The molecule has 0 aromatic rings. The van der Waals surface area contributed by atoms with Crippen LogP contribution in [0.25, 0.3) is 0 Å². The molecule has 4 saturated carbocycles. The number of carbonyl (C=O) groups excluding carboxylic acids is 2. The zero-order chi connectivity index (χ0) is 19.0. The van der Waals surface area contributed by atoms with Crippen LogP contribution in [0.4, 0.5) is 4.79 Å². The first-order chi connectivity index (χ1) is 12.9. The summed E-state index contributed by atoms with van der Waals surface area (Å²) < 4.78 is 0. The molecule has 5 rings (SSSR count). The molecule has 0 radical (unpaired) electrons. The molecule has 150 valence electrons. The van der Waals surface area contributed by atoms with Crippen LogP contribution in [0.1, 0.15) is 64.2 Å². The van der Waals surface area contributed by atoms with Crippen LogP contribution >= 0.6 is 0 Å². The predicted octanol–water partition coefficient (Wildman–Crippen LogP) is 2.11. The molecule has 7 heteroatoms. The molecule has 7 nitrogen and oxygen atoms in total. The summed E-state index contributed by atoms with van der Waals surface area (Å²) in [7, 11) is 0. The van der Waals surface area contributed by atoms with Crippen molar-refractivity contribution >= 4 is 17.9 Å². The molecule has 5 aliphatic rings. The van der Waals surface area contributed by atoms with Crippen molar-refractivity contribution in [2.24, 2.45) is 17.8 Å². The number of urea groups is 1. The van der Waals surface area contributed by atoms with Gasteiger partial charge in [-0.25, -0.2) is 9.59 Å². The number of likely N-dealkylation sites (tertiary alicyclic amines) is 1. The number of amides is 3. The first kappa shape index (κ1) is 18.6. The van der Waals surface area contributed by atoms with Gasteiger partial charge in [0.15, 0.2) is 0 Å². The van der Waals surface area contributed by atoms with Gasteiger partial charge in [-0.2, -0.15) is 0 Å². The second-order valence-corrected chi connectivity index (χ2v) is 9.27. The van der Waals surface area contributed by atoms with Gasteiger partial charge in [0.25, 0.3) is 0 Å². The number of carboxylic acids is 1. The molecule has 1 saturated heterocycles. The molecule has 5 fully saturated rings. The van der Waals surface area contributed by atoms with E-state index in [9.17, 15) is 19.5 Å². The van der Waals surface area contributed by atoms with Gasteiger partial charge in [0, 0.05) is 25.0 Å². The predicted molar refractivity (Wildman–Crippen MR) is 99.0 cm³/mol. The van der Waals surface area contributed by atoms with E-state index in [0.29, 0.717) is 13.0 Å². The molecule has 0 spiro atoms. The van der Waals surface area contributed by atoms with Crippen molar-refractivity contribution < 1.29 is 19.5 Å². The molecule has 0 aromatic carbocycles. The third-order valence-corrected chi connectivity index (χ3v) is 7.15. The summed E-state index contributed by atoms with van der Waals surface area (Å²) in [6.45, 7) is 0.745. The monoisotopic (exact) mass is 377 g/mol. The number of piperidine rings is 1. The highest BCUT2D eigenvalue weighted by Crippen LogP contribution is 2.55. The highest BCUT2D eigenvalue weighted by atomic mass is 16.4. The Labute approximate surface area is 160 Å². The Morgan fingerprint density at radius 3 is 2.22 bits per heavy atom. The van der Waals surface area contributed by atoms with E-state index in [2.05, 4.69) is 10.6 Å². The topological polar surface area (TPSA) is 98.7 Å². The summed E-state index contributed by atoms with van der Waals surface area (Å²) >= 11 is 0. The molecular formula is C20H31N3O4. The smallest absolute Gasteiger partial charge is 0.326 e. The number of hydrogen-bond donors (Lipinski definition) is 3. The maximum atomic E-state index is 12.4. The van der Waals surface area contributed by atoms with Gasteiger partial charge in [0.1, 0.15) is 6.04 Å². The second-order valence-electron chi connectivity index (χ2n) is 9.27. The molecule has 27 heavy (non-hydrogen) atoms. The minimum absolute atomic E-state index is 0.0376. The minimum atomic E-state index is -0.935. The molecule has 1 atom stereocenters. The highest BCUT2D eigenvalue weighted by Gasteiger charge is 2.51. The Morgan fingerprint density at radius 2 is 1.63 bits per heavy atom. The number of rotatable bonds is 5. The maximum absolute atomic E-state index is 12.4. The minimum Gasteiger partial charge on any atom is -0.480 e. The van der Waals surface area contributed by atoms with E-state index in [1.807, 2.05) is 0 Å². The van der Waals surface area contributed by atoms with Crippen molar-refractivity contribution in [3.8, 4) is 0 Å². The molecule has 1 unspecified atom stereocenters. The Balaban J connectivity index is 1.24. The van der Waals surface area contributed by atoms with Crippen molar-refractivity contribution in [1.82, 2.24) is 15.5 Å². The van der Waals surface area contributed by atoms with E-state index in [1.165, 1.54) is 24.2 Å². The summed E-state index contributed by atoms with van der Waals surface area (Å²) in [6.07, 6.45) is 9.63. The molecule has 1 aliphatic heterocycles. The van der Waals surface area contributed by atoms with Crippen molar-refractivity contribution in [3.05, 3.63) is 0 Å². The number of nitrogens with one attached hydrogen (secondary N) is 2. The van der Waals surface area contributed by atoms with Crippen molar-refractivity contribution in [2.75, 3.05) is 13.1 Å². The van der Waals surface area contributed by atoms with Crippen LogP contribution in [0.5, 0.6) is 0 Å². The Kier molecular flexibility index (Phi) is 5.03. The van der Waals surface area contributed by atoms with Gasteiger partial charge in [0.2, 0.25) is 5.91 Å². The quantitative estimate of drug-likeness (QED) is 0.683. The van der Waals surface area contributed by atoms with Crippen LogP contribution in [0.2, 0.25) is 0 Å².